The van der Waals surface area contributed by atoms with Gasteiger partial charge in [-0.05, 0) is 36.6 Å². The minimum Gasteiger partial charge on any atom is -0.494 e. The van der Waals surface area contributed by atoms with E-state index in [2.05, 4.69) is 23.8 Å². The number of hydrogen-bond acceptors (Lipinski definition) is 5. The normalized spacial score (nSPS) is 13.0. The molecule has 136 valence electrons. The Bertz CT molecular complexity index is 866. The summed E-state index contributed by atoms with van der Waals surface area (Å²) in [5.74, 6) is 0.706. The van der Waals surface area contributed by atoms with Crippen molar-refractivity contribution in [3.05, 3.63) is 52.4 Å². The molecule has 1 aromatic heterocycles. The molecule has 3 rings (SSSR count). The van der Waals surface area contributed by atoms with Crippen molar-refractivity contribution in [1.29, 1.82) is 0 Å². The molecule has 0 amide bonds. The van der Waals surface area contributed by atoms with Gasteiger partial charge in [0.1, 0.15) is 21.5 Å². The summed E-state index contributed by atoms with van der Waals surface area (Å²) in [5.41, 5.74) is 3.31. The van der Waals surface area contributed by atoms with Crippen LogP contribution in [-0.2, 0) is 6.42 Å². The lowest BCUT2D eigenvalue weighted by Crippen LogP contribution is -2.26. The van der Waals surface area contributed by atoms with Crippen LogP contribution in [-0.4, -0.2) is 23.5 Å². The van der Waals surface area contributed by atoms with Crippen molar-refractivity contribution >= 4 is 33.8 Å². The maximum Gasteiger partial charge on any atom is 0.346 e. The first-order valence-corrected chi connectivity index (χ1v) is 9.43. The van der Waals surface area contributed by atoms with Crippen LogP contribution in [0.25, 0.3) is 5.70 Å². The summed E-state index contributed by atoms with van der Waals surface area (Å²) in [7, 11) is 0. The third-order valence-corrected chi connectivity index (χ3v) is 5.39. The number of hydrogen-bond donors (Lipinski definition) is 2. The number of rotatable bonds is 7. The molecule has 0 spiro atoms. The van der Waals surface area contributed by atoms with E-state index in [1.165, 1.54) is 11.3 Å². The average Bonchev–Trinajstić information content (AvgIpc) is 2.94. The van der Waals surface area contributed by atoms with Gasteiger partial charge in [0.25, 0.3) is 0 Å². The molecular formula is C20H22N2O3S. The van der Waals surface area contributed by atoms with Gasteiger partial charge in [-0.2, -0.15) is 0 Å². The fraction of sp³-hybridized carbons (Fsp3) is 0.300. The molecule has 0 radical (unpaired) electrons. The van der Waals surface area contributed by atoms with Crippen LogP contribution in [0.3, 0.4) is 0 Å². The molecule has 0 saturated heterocycles. The van der Waals surface area contributed by atoms with Gasteiger partial charge in [0.15, 0.2) is 0 Å². The summed E-state index contributed by atoms with van der Waals surface area (Å²) in [6.45, 7) is 8.70. The highest BCUT2D eigenvalue weighted by molar-refractivity contribution is 7.18. The third-order valence-electron chi connectivity index (χ3n) is 4.22. The van der Waals surface area contributed by atoms with E-state index in [4.69, 9.17) is 4.74 Å². The summed E-state index contributed by atoms with van der Waals surface area (Å²) < 4.78 is 5.68. The number of carbonyl (C=O) groups is 1. The fourth-order valence-electron chi connectivity index (χ4n) is 2.84. The van der Waals surface area contributed by atoms with Crippen LogP contribution in [0.5, 0.6) is 5.75 Å². The number of nitrogens with zero attached hydrogens (tertiary/aromatic N) is 1. The van der Waals surface area contributed by atoms with E-state index in [-0.39, 0.29) is 0 Å². The molecule has 2 heterocycles. The van der Waals surface area contributed by atoms with Crippen molar-refractivity contribution in [2.45, 2.75) is 33.1 Å². The fourth-order valence-corrected chi connectivity index (χ4v) is 3.91. The molecule has 5 nitrogen and oxygen atoms in total. The molecule has 0 bridgehead atoms. The highest BCUT2D eigenvalue weighted by Crippen LogP contribution is 2.40. The predicted molar refractivity (Wildman–Crippen MR) is 106 cm³/mol. The standard InChI is InChI=1S/C20H22N2O3S/c1-4-5-10-25-15-8-6-14(7-9-15)11-16-21-13(3)17-12(2)18(20(23)24)26-19(17)22-16/h6-9H,3-5,10-11H2,1-2H3,(H,21,22)(H,23,24). The predicted octanol–water partition coefficient (Wildman–Crippen LogP) is 4.78. The topological polar surface area (TPSA) is 70.9 Å². The van der Waals surface area contributed by atoms with Crippen molar-refractivity contribution < 1.29 is 14.6 Å². The molecule has 1 aromatic carbocycles. The third kappa shape index (κ3) is 3.80. The molecule has 0 aliphatic carbocycles. The van der Waals surface area contributed by atoms with Gasteiger partial charge in [0, 0.05) is 17.7 Å². The van der Waals surface area contributed by atoms with Crippen LogP contribution in [0.2, 0.25) is 0 Å². The summed E-state index contributed by atoms with van der Waals surface area (Å²) >= 11 is 1.19. The summed E-state index contributed by atoms with van der Waals surface area (Å²) in [6.07, 6.45) is 2.78. The Balaban J connectivity index is 1.75. The van der Waals surface area contributed by atoms with Crippen LogP contribution in [0.4, 0.5) is 5.00 Å². The number of fused-ring (bicyclic) bond motifs is 1. The van der Waals surface area contributed by atoms with Crippen LogP contribution in [0.1, 0.15) is 46.1 Å². The van der Waals surface area contributed by atoms with E-state index in [1.807, 2.05) is 24.3 Å². The zero-order valence-corrected chi connectivity index (χ0v) is 15.8. The first-order valence-electron chi connectivity index (χ1n) is 8.62. The van der Waals surface area contributed by atoms with Gasteiger partial charge in [0.05, 0.1) is 6.61 Å². The molecule has 26 heavy (non-hydrogen) atoms. The van der Waals surface area contributed by atoms with E-state index in [1.54, 1.807) is 6.92 Å². The Kier molecular flexibility index (Phi) is 5.42. The number of aliphatic imine (C=N–C) groups is 1. The molecule has 6 heteroatoms. The quantitative estimate of drug-likeness (QED) is 0.688. The van der Waals surface area contributed by atoms with Gasteiger partial charge >= 0.3 is 5.97 Å². The number of thiophene rings is 1. The molecule has 0 fully saturated rings. The minimum atomic E-state index is -0.926. The maximum absolute atomic E-state index is 11.3. The zero-order valence-electron chi connectivity index (χ0n) is 15.0. The summed E-state index contributed by atoms with van der Waals surface area (Å²) in [5, 5.41) is 13.2. The second-order valence-electron chi connectivity index (χ2n) is 6.23. The summed E-state index contributed by atoms with van der Waals surface area (Å²) in [4.78, 5) is 16.3. The number of aromatic carboxylic acids is 1. The highest BCUT2D eigenvalue weighted by Gasteiger charge is 2.25. The summed E-state index contributed by atoms with van der Waals surface area (Å²) in [6, 6.07) is 7.97. The van der Waals surface area contributed by atoms with Crippen molar-refractivity contribution in [3.63, 3.8) is 0 Å². The van der Waals surface area contributed by atoms with E-state index in [9.17, 15) is 9.90 Å². The maximum atomic E-state index is 11.3. The number of unbranched alkanes of at least 4 members (excludes halogenated alkanes) is 1. The molecular weight excluding hydrogens is 348 g/mol. The van der Waals surface area contributed by atoms with E-state index in [0.717, 1.165) is 42.2 Å². The zero-order chi connectivity index (χ0) is 18.7. The Morgan fingerprint density at radius 3 is 2.73 bits per heavy atom. The molecule has 0 saturated carbocycles. The number of benzene rings is 1. The van der Waals surface area contributed by atoms with Crippen LogP contribution < -0.4 is 10.1 Å². The monoisotopic (exact) mass is 370 g/mol. The Labute approximate surface area is 157 Å². The highest BCUT2D eigenvalue weighted by atomic mass is 32.1. The van der Waals surface area contributed by atoms with Crippen LogP contribution >= 0.6 is 11.3 Å². The lowest BCUT2D eigenvalue weighted by molar-refractivity contribution is 0.0701. The van der Waals surface area contributed by atoms with Crippen molar-refractivity contribution in [3.8, 4) is 5.75 Å². The van der Waals surface area contributed by atoms with Crippen LogP contribution in [0.15, 0.2) is 35.8 Å². The second-order valence-corrected chi connectivity index (χ2v) is 7.23. The molecule has 2 N–H and O–H groups in total. The van der Waals surface area contributed by atoms with Gasteiger partial charge in [0.2, 0.25) is 0 Å². The SMILES string of the molecule is C=C1NC(Cc2ccc(OCCCC)cc2)=Nc2sc(C(=O)O)c(C)c21. The Morgan fingerprint density at radius 2 is 2.08 bits per heavy atom. The number of carboxylic acids is 1. The van der Waals surface area contributed by atoms with Gasteiger partial charge in [-0.1, -0.05) is 32.1 Å². The van der Waals surface area contributed by atoms with E-state index in [0.29, 0.717) is 27.6 Å². The molecule has 1 aliphatic heterocycles. The van der Waals surface area contributed by atoms with Gasteiger partial charge < -0.3 is 15.2 Å². The van der Waals surface area contributed by atoms with Crippen molar-refractivity contribution in [2.24, 2.45) is 4.99 Å². The number of carboxylic acid groups (broad SMARTS) is 1. The van der Waals surface area contributed by atoms with Gasteiger partial charge in [-0.3, -0.25) is 0 Å². The van der Waals surface area contributed by atoms with Crippen LogP contribution in [0, 0.1) is 6.92 Å². The van der Waals surface area contributed by atoms with Crippen molar-refractivity contribution in [1.82, 2.24) is 5.32 Å². The lowest BCUT2D eigenvalue weighted by Gasteiger charge is -2.18. The molecule has 1 aliphatic rings. The van der Waals surface area contributed by atoms with Gasteiger partial charge in [-0.25, -0.2) is 9.79 Å². The van der Waals surface area contributed by atoms with Gasteiger partial charge in [-0.15, -0.1) is 11.3 Å². The molecule has 0 atom stereocenters. The van der Waals surface area contributed by atoms with Crippen molar-refractivity contribution in [2.75, 3.05) is 6.61 Å². The second kappa shape index (κ2) is 7.74. The molecule has 2 aromatic rings. The van der Waals surface area contributed by atoms with E-state index < -0.39 is 5.97 Å². The number of amidine groups is 1. The average molecular weight is 370 g/mol. The largest absolute Gasteiger partial charge is 0.494 e. The molecule has 0 unspecified atom stereocenters. The Morgan fingerprint density at radius 1 is 1.35 bits per heavy atom. The first-order chi connectivity index (χ1) is 12.5. The van der Waals surface area contributed by atoms with E-state index >= 15 is 0 Å². The first kappa shape index (κ1) is 18.2. The Hall–Kier alpha value is -2.60. The number of nitrogens with one attached hydrogen (secondary N) is 1. The minimum absolute atomic E-state index is 0.316. The number of ether oxygens (including phenoxy) is 1. The smallest absolute Gasteiger partial charge is 0.346 e. The lowest BCUT2D eigenvalue weighted by atomic mass is 10.1.